The largest absolute Gasteiger partial charge is 0.495 e. The number of nitrogens with zero attached hydrogens (tertiary/aromatic N) is 3. The van der Waals surface area contributed by atoms with E-state index in [1.807, 2.05) is 11.5 Å². The lowest BCUT2D eigenvalue weighted by molar-refractivity contribution is 0.416. The molecule has 0 aliphatic rings. The number of ether oxygens (including phenoxy) is 1. The van der Waals surface area contributed by atoms with Crippen LogP contribution in [0.1, 0.15) is 12.7 Å². The fraction of sp³-hybridized carbons (Fsp3) is 0.333. The van der Waals surface area contributed by atoms with Crippen molar-refractivity contribution in [3.05, 3.63) is 30.1 Å². The van der Waals surface area contributed by atoms with Crippen molar-refractivity contribution in [2.45, 2.75) is 20.0 Å². The minimum Gasteiger partial charge on any atom is -0.495 e. The number of halogens is 1. The number of nitrogens with one attached hydrogen (secondary N) is 1. The predicted octanol–water partition coefficient (Wildman–Crippen LogP) is 1.64. The van der Waals surface area contributed by atoms with Crippen LogP contribution in [-0.2, 0) is 13.1 Å². The van der Waals surface area contributed by atoms with E-state index in [2.05, 4.69) is 15.5 Å². The molecule has 3 N–H and O–H groups in total. The lowest BCUT2D eigenvalue weighted by Gasteiger charge is -2.11. The number of methoxy groups -OCH3 is 1. The van der Waals surface area contributed by atoms with Gasteiger partial charge in [0.25, 0.3) is 0 Å². The van der Waals surface area contributed by atoms with E-state index in [0.29, 0.717) is 18.0 Å². The van der Waals surface area contributed by atoms with E-state index in [9.17, 15) is 4.39 Å². The Bertz CT molecular complexity index is 569. The van der Waals surface area contributed by atoms with Crippen molar-refractivity contribution in [1.82, 2.24) is 14.8 Å². The van der Waals surface area contributed by atoms with E-state index >= 15 is 0 Å². The van der Waals surface area contributed by atoms with Crippen LogP contribution in [0.2, 0.25) is 0 Å². The first kappa shape index (κ1) is 13.1. The molecule has 0 aliphatic heterocycles. The monoisotopic (exact) mass is 265 g/mol. The van der Waals surface area contributed by atoms with Gasteiger partial charge in [0.1, 0.15) is 17.9 Å². The van der Waals surface area contributed by atoms with Crippen molar-refractivity contribution in [2.24, 2.45) is 0 Å². The first-order chi connectivity index (χ1) is 9.15. The first-order valence-corrected chi connectivity index (χ1v) is 5.89. The number of rotatable bonds is 5. The summed E-state index contributed by atoms with van der Waals surface area (Å²) in [5.41, 5.74) is 6.20. The summed E-state index contributed by atoms with van der Waals surface area (Å²) in [6.45, 7) is 3.12. The number of benzene rings is 1. The second-order valence-electron chi connectivity index (χ2n) is 3.96. The Balaban J connectivity index is 2.15. The minimum absolute atomic E-state index is 0.266. The van der Waals surface area contributed by atoms with E-state index in [1.54, 1.807) is 6.33 Å². The molecule has 0 saturated heterocycles. The molecule has 0 unspecified atom stereocenters. The van der Waals surface area contributed by atoms with E-state index < -0.39 is 5.82 Å². The number of hydrogen-bond donors (Lipinski definition) is 2. The number of aromatic nitrogens is 3. The smallest absolute Gasteiger partial charge is 0.152 e. The highest BCUT2D eigenvalue weighted by molar-refractivity contribution is 5.62. The third-order valence-electron chi connectivity index (χ3n) is 2.79. The van der Waals surface area contributed by atoms with Crippen molar-refractivity contribution in [1.29, 1.82) is 0 Å². The molecule has 0 aliphatic carbocycles. The maximum Gasteiger partial charge on any atom is 0.152 e. The van der Waals surface area contributed by atoms with Crippen LogP contribution in [0.3, 0.4) is 0 Å². The Kier molecular flexibility index (Phi) is 3.84. The molecule has 1 aromatic carbocycles. The topological polar surface area (TPSA) is 78.0 Å². The molecular formula is C12H16FN5O. The van der Waals surface area contributed by atoms with Crippen molar-refractivity contribution in [3.63, 3.8) is 0 Å². The fourth-order valence-corrected chi connectivity index (χ4v) is 1.74. The third kappa shape index (κ3) is 2.75. The molecular weight excluding hydrogens is 249 g/mol. The van der Waals surface area contributed by atoms with Crippen molar-refractivity contribution in [3.8, 4) is 5.75 Å². The fourth-order valence-electron chi connectivity index (χ4n) is 1.74. The van der Waals surface area contributed by atoms with Crippen molar-refractivity contribution < 1.29 is 9.13 Å². The van der Waals surface area contributed by atoms with Gasteiger partial charge in [0, 0.05) is 18.7 Å². The molecule has 102 valence electrons. The standard InChI is InChI=1S/C12H16FN5O/c1-3-18-7-16-17-12(18)6-15-10-5-11(19-2)9(14)4-8(10)13/h4-5,7,15H,3,6,14H2,1-2H3. The summed E-state index contributed by atoms with van der Waals surface area (Å²) < 4.78 is 20.7. The Labute approximate surface area is 110 Å². The van der Waals surface area contributed by atoms with E-state index in [0.717, 1.165) is 12.4 Å². The first-order valence-electron chi connectivity index (χ1n) is 5.89. The molecule has 0 bridgehead atoms. The van der Waals surface area contributed by atoms with Gasteiger partial charge in [-0.3, -0.25) is 0 Å². The molecule has 6 nitrogen and oxygen atoms in total. The van der Waals surface area contributed by atoms with Crippen LogP contribution < -0.4 is 15.8 Å². The number of hydrogen-bond acceptors (Lipinski definition) is 5. The third-order valence-corrected chi connectivity index (χ3v) is 2.79. The Morgan fingerprint density at radius 3 is 2.95 bits per heavy atom. The quantitative estimate of drug-likeness (QED) is 0.803. The highest BCUT2D eigenvalue weighted by Gasteiger charge is 2.09. The van der Waals surface area contributed by atoms with Crippen LogP contribution in [0.5, 0.6) is 5.75 Å². The molecule has 19 heavy (non-hydrogen) atoms. The van der Waals surface area contributed by atoms with E-state index in [-0.39, 0.29) is 5.69 Å². The SMILES string of the molecule is CCn1cnnc1CNc1cc(OC)c(N)cc1F. The summed E-state index contributed by atoms with van der Waals surface area (Å²) in [4.78, 5) is 0. The molecule has 0 radical (unpaired) electrons. The maximum absolute atomic E-state index is 13.7. The zero-order valence-corrected chi connectivity index (χ0v) is 10.9. The summed E-state index contributed by atoms with van der Waals surface area (Å²) in [5, 5.41) is 10.7. The van der Waals surface area contributed by atoms with Crippen LogP contribution in [-0.4, -0.2) is 21.9 Å². The molecule has 2 aromatic rings. The second kappa shape index (κ2) is 5.55. The van der Waals surface area contributed by atoms with Crippen molar-refractivity contribution >= 4 is 11.4 Å². The van der Waals surface area contributed by atoms with Gasteiger partial charge in [-0.1, -0.05) is 0 Å². The van der Waals surface area contributed by atoms with Gasteiger partial charge in [-0.2, -0.15) is 0 Å². The molecule has 0 saturated carbocycles. The molecule has 0 amide bonds. The van der Waals surface area contributed by atoms with Crippen LogP contribution in [0.15, 0.2) is 18.5 Å². The molecule has 7 heteroatoms. The van der Waals surface area contributed by atoms with Crippen LogP contribution in [0.25, 0.3) is 0 Å². The van der Waals surface area contributed by atoms with Gasteiger partial charge in [-0.15, -0.1) is 10.2 Å². The zero-order chi connectivity index (χ0) is 13.8. The van der Waals surface area contributed by atoms with Gasteiger partial charge in [0.2, 0.25) is 0 Å². The normalized spacial score (nSPS) is 10.5. The second-order valence-corrected chi connectivity index (χ2v) is 3.96. The highest BCUT2D eigenvalue weighted by atomic mass is 19.1. The van der Waals surface area contributed by atoms with Gasteiger partial charge in [-0.25, -0.2) is 4.39 Å². The van der Waals surface area contributed by atoms with Gasteiger partial charge in [-0.05, 0) is 6.92 Å². The van der Waals surface area contributed by atoms with E-state index in [1.165, 1.54) is 19.2 Å². The summed E-state index contributed by atoms with van der Waals surface area (Å²) in [6.07, 6.45) is 1.64. The van der Waals surface area contributed by atoms with Gasteiger partial charge in [0.05, 0.1) is 25.0 Å². The number of nitrogen functional groups attached to an aromatic ring is 1. The minimum atomic E-state index is -0.430. The molecule has 0 atom stereocenters. The van der Waals surface area contributed by atoms with Crippen LogP contribution in [0, 0.1) is 5.82 Å². The number of nitrogens with two attached hydrogens (primary N) is 1. The van der Waals surface area contributed by atoms with Gasteiger partial charge in [0.15, 0.2) is 5.82 Å². The summed E-state index contributed by atoms with van der Waals surface area (Å²) in [5.74, 6) is 0.736. The Morgan fingerprint density at radius 2 is 2.26 bits per heavy atom. The van der Waals surface area contributed by atoms with Crippen LogP contribution >= 0.6 is 0 Å². The Morgan fingerprint density at radius 1 is 1.47 bits per heavy atom. The van der Waals surface area contributed by atoms with E-state index in [4.69, 9.17) is 10.5 Å². The highest BCUT2D eigenvalue weighted by Crippen LogP contribution is 2.28. The summed E-state index contributed by atoms with van der Waals surface area (Å²) in [7, 11) is 1.49. The number of anilines is 2. The molecule has 1 aromatic heterocycles. The Hall–Kier alpha value is -2.31. The lowest BCUT2D eigenvalue weighted by atomic mass is 10.2. The average Bonchev–Trinajstić information content (AvgIpc) is 2.85. The summed E-state index contributed by atoms with van der Waals surface area (Å²) in [6, 6.07) is 2.75. The molecule has 2 rings (SSSR count). The molecule has 0 spiro atoms. The lowest BCUT2D eigenvalue weighted by Crippen LogP contribution is -2.09. The predicted molar refractivity (Wildman–Crippen MR) is 70.4 cm³/mol. The number of aryl methyl sites for hydroxylation is 1. The maximum atomic E-state index is 13.7. The van der Waals surface area contributed by atoms with Gasteiger partial charge < -0.3 is 20.4 Å². The zero-order valence-electron chi connectivity index (χ0n) is 10.9. The van der Waals surface area contributed by atoms with Crippen LogP contribution in [0.4, 0.5) is 15.8 Å². The average molecular weight is 265 g/mol. The summed E-state index contributed by atoms with van der Waals surface area (Å²) >= 11 is 0. The van der Waals surface area contributed by atoms with Gasteiger partial charge >= 0.3 is 0 Å². The molecule has 0 fully saturated rings. The van der Waals surface area contributed by atoms with Crippen molar-refractivity contribution in [2.75, 3.05) is 18.2 Å². The molecule has 1 heterocycles.